The maximum Gasteiger partial charge on any atom is 0.151 e. The lowest BCUT2D eigenvalue weighted by atomic mass is 10.1. The van der Waals surface area contributed by atoms with Gasteiger partial charge in [0.15, 0.2) is 5.82 Å². The zero-order valence-corrected chi connectivity index (χ0v) is 12.3. The topological polar surface area (TPSA) is 41.1 Å². The van der Waals surface area contributed by atoms with Crippen molar-refractivity contribution in [1.82, 2.24) is 15.5 Å². The Labute approximate surface area is 122 Å². The van der Waals surface area contributed by atoms with E-state index in [1.807, 2.05) is 6.07 Å². The van der Waals surface area contributed by atoms with E-state index >= 15 is 0 Å². The third-order valence-electron chi connectivity index (χ3n) is 4.73. The minimum absolute atomic E-state index is 0.593. The fourth-order valence-corrected chi connectivity index (χ4v) is 3.58. The summed E-state index contributed by atoms with van der Waals surface area (Å²) < 4.78 is 0. The van der Waals surface area contributed by atoms with E-state index in [2.05, 4.69) is 26.5 Å². The SMILES string of the molecule is c1cnnc(N2CCCC2CNC2CCCCCC2)c1. The van der Waals surface area contributed by atoms with E-state index < -0.39 is 0 Å². The molecule has 3 rings (SSSR count). The number of nitrogens with one attached hydrogen (secondary N) is 1. The standard InChI is InChI=1S/C16H26N4/c1-2-4-8-14(7-3-1)17-13-15-9-6-12-20(15)16-10-5-11-18-19-16/h5,10-11,14-15,17H,1-4,6-9,12-13H2. The molecule has 1 aromatic rings. The van der Waals surface area contributed by atoms with Crippen molar-refractivity contribution in [1.29, 1.82) is 0 Å². The van der Waals surface area contributed by atoms with Crippen LogP contribution >= 0.6 is 0 Å². The molecule has 2 heterocycles. The first-order chi connectivity index (χ1) is 9.93. The van der Waals surface area contributed by atoms with Crippen molar-refractivity contribution in [2.75, 3.05) is 18.0 Å². The van der Waals surface area contributed by atoms with Gasteiger partial charge in [-0.15, -0.1) is 5.10 Å². The molecule has 110 valence electrons. The van der Waals surface area contributed by atoms with Gasteiger partial charge in [-0.3, -0.25) is 0 Å². The first-order valence-corrected chi connectivity index (χ1v) is 8.21. The normalized spacial score (nSPS) is 24.8. The van der Waals surface area contributed by atoms with Gasteiger partial charge in [-0.1, -0.05) is 25.7 Å². The Hall–Kier alpha value is -1.16. The van der Waals surface area contributed by atoms with Crippen molar-refractivity contribution in [3.63, 3.8) is 0 Å². The third-order valence-corrected chi connectivity index (χ3v) is 4.73. The van der Waals surface area contributed by atoms with E-state index in [9.17, 15) is 0 Å². The van der Waals surface area contributed by atoms with Gasteiger partial charge in [-0.2, -0.15) is 5.10 Å². The minimum atomic E-state index is 0.593. The molecule has 1 saturated heterocycles. The van der Waals surface area contributed by atoms with E-state index in [4.69, 9.17) is 0 Å². The molecule has 1 aliphatic heterocycles. The summed E-state index contributed by atoms with van der Waals surface area (Å²) in [6.45, 7) is 2.22. The molecule has 4 heteroatoms. The molecule has 0 spiro atoms. The van der Waals surface area contributed by atoms with E-state index in [1.54, 1.807) is 6.20 Å². The molecule has 1 unspecified atom stereocenters. The number of rotatable bonds is 4. The predicted octanol–water partition coefficient (Wildman–Crippen LogP) is 2.76. The molecule has 2 fully saturated rings. The van der Waals surface area contributed by atoms with Gasteiger partial charge in [0.2, 0.25) is 0 Å². The van der Waals surface area contributed by atoms with E-state index in [-0.39, 0.29) is 0 Å². The molecule has 2 aliphatic rings. The van der Waals surface area contributed by atoms with Crippen LogP contribution < -0.4 is 10.2 Å². The van der Waals surface area contributed by atoms with Crippen LogP contribution in [0.5, 0.6) is 0 Å². The molecule has 1 saturated carbocycles. The Balaban J connectivity index is 1.53. The molecule has 4 nitrogen and oxygen atoms in total. The Morgan fingerprint density at radius 1 is 1.10 bits per heavy atom. The Morgan fingerprint density at radius 2 is 1.95 bits per heavy atom. The average Bonchev–Trinajstić information content (AvgIpc) is 2.81. The molecule has 1 N–H and O–H groups in total. The average molecular weight is 274 g/mol. The first kappa shape index (κ1) is 13.8. The Morgan fingerprint density at radius 3 is 2.70 bits per heavy atom. The molecule has 0 aromatic carbocycles. The van der Waals surface area contributed by atoms with Crippen LogP contribution in [0.1, 0.15) is 51.4 Å². The highest BCUT2D eigenvalue weighted by Gasteiger charge is 2.26. The molecule has 1 atom stereocenters. The summed E-state index contributed by atoms with van der Waals surface area (Å²) >= 11 is 0. The number of aromatic nitrogens is 2. The molecule has 0 bridgehead atoms. The smallest absolute Gasteiger partial charge is 0.151 e. The van der Waals surface area contributed by atoms with E-state index in [1.165, 1.54) is 51.4 Å². The quantitative estimate of drug-likeness (QED) is 0.857. The minimum Gasteiger partial charge on any atom is -0.351 e. The fraction of sp³-hybridized carbons (Fsp3) is 0.750. The lowest BCUT2D eigenvalue weighted by molar-refractivity contribution is 0.436. The van der Waals surface area contributed by atoms with Gasteiger partial charge in [-0.25, -0.2) is 0 Å². The van der Waals surface area contributed by atoms with Crippen LogP contribution in [0.3, 0.4) is 0 Å². The van der Waals surface area contributed by atoms with Crippen LogP contribution in [0.15, 0.2) is 18.3 Å². The van der Waals surface area contributed by atoms with Crippen LogP contribution in [0.25, 0.3) is 0 Å². The summed E-state index contributed by atoms with van der Waals surface area (Å²) in [5.41, 5.74) is 0. The van der Waals surface area contributed by atoms with Crippen LogP contribution in [0, 0.1) is 0 Å². The largest absolute Gasteiger partial charge is 0.351 e. The maximum absolute atomic E-state index is 4.27. The van der Waals surface area contributed by atoms with Crippen molar-refractivity contribution >= 4 is 5.82 Å². The monoisotopic (exact) mass is 274 g/mol. The lowest BCUT2D eigenvalue weighted by Crippen LogP contribution is -2.42. The highest BCUT2D eigenvalue weighted by molar-refractivity contribution is 5.39. The highest BCUT2D eigenvalue weighted by Crippen LogP contribution is 2.23. The Bertz CT molecular complexity index is 387. The summed E-state index contributed by atoms with van der Waals surface area (Å²) in [6.07, 6.45) is 12.7. The van der Waals surface area contributed by atoms with Crippen molar-refractivity contribution < 1.29 is 0 Å². The van der Waals surface area contributed by atoms with Gasteiger partial charge in [0.25, 0.3) is 0 Å². The van der Waals surface area contributed by atoms with E-state index in [0.29, 0.717) is 6.04 Å². The van der Waals surface area contributed by atoms with Gasteiger partial charge in [0.1, 0.15) is 0 Å². The molecule has 0 radical (unpaired) electrons. The zero-order chi connectivity index (χ0) is 13.6. The summed E-state index contributed by atoms with van der Waals surface area (Å²) in [7, 11) is 0. The summed E-state index contributed by atoms with van der Waals surface area (Å²) in [4.78, 5) is 2.43. The number of nitrogens with zero attached hydrogens (tertiary/aromatic N) is 3. The van der Waals surface area contributed by atoms with Gasteiger partial charge in [0, 0.05) is 31.4 Å². The third kappa shape index (κ3) is 3.48. The molecule has 1 aromatic heterocycles. The summed E-state index contributed by atoms with van der Waals surface area (Å²) in [5, 5.41) is 12.1. The van der Waals surface area contributed by atoms with Crippen molar-refractivity contribution in [3.8, 4) is 0 Å². The van der Waals surface area contributed by atoms with Crippen molar-refractivity contribution in [2.24, 2.45) is 0 Å². The molecular formula is C16H26N4. The molecule has 1 aliphatic carbocycles. The lowest BCUT2D eigenvalue weighted by Gasteiger charge is -2.27. The second kappa shape index (κ2) is 7.02. The Kier molecular flexibility index (Phi) is 4.85. The van der Waals surface area contributed by atoms with Crippen molar-refractivity contribution in [2.45, 2.75) is 63.5 Å². The maximum atomic E-state index is 4.27. The van der Waals surface area contributed by atoms with Gasteiger partial charge in [0.05, 0.1) is 0 Å². The fourth-order valence-electron chi connectivity index (χ4n) is 3.58. The van der Waals surface area contributed by atoms with E-state index in [0.717, 1.165) is 24.9 Å². The molecular weight excluding hydrogens is 248 g/mol. The predicted molar refractivity (Wildman–Crippen MR) is 81.9 cm³/mol. The number of anilines is 1. The first-order valence-electron chi connectivity index (χ1n) is 8.21. The molecule has 0 amide bonds. The van der Waals surface area contributed by atoms with Crippen LogP contribution in [-0.2, 0) is 0 Å². The number of hydrogen-bond donors (Lipinski definition) is 1. The van der Waals surface area contributed by atoms with Gasteiger partial charge >= 0.3 is 0 Å². The zero-order valence-electron chi connectivity index (χ0n) is 12.3. The van der Waals surface area contributed by atoms with Crippen LogP contribution in [0.2, 0.25) is 0 Å². The molecule has 20 heavy (non-hydrogen) atoms. The summed E-state index contributed by atoms with van der Waals surface area (Å²) in [5.74, 6) is 1.04. The second-order valence-electron chi connectivity index (χ2n) is 6.17. The summed E-state index contributed by atoms with van der Waals surface area (Å²) in [6, 6.07) is 5.39. The van der Waals surface area contributed by atoms with Crippen LogP contribution in [-0.4, -0.2) is 35.4 Å². The number of hydrogen-bond acceptors (Lipinski definition) is 4. The second-order valence-corrected chi connectivity index (χ2v) is 6.17. The van der Waals surface area contributed by atoms with Crippen molar-refractivity contribution in [3.05, 3.63) is 18.3 Å². The van der Waals surface area contributed by atoms with Gasteiger partial charge < -0.3 is 10.2 Å². The van der Waals surface area contributed by atoms with Gasteiger partial charge in [-0.05, 0) is 37.8 Å². The van der Waals surface area contributed by atoms with Crippen LogP contribution in [0.4, 0.5) is 5.82 Å². The highest BCUT2D eigenvalue weighted by atomic mass is 15.3.